The van der Waals surface area contributed by atoms with Crippen molar-refractivity contribution in [3.8, 4) is 0 Å². The summed E-state index contributed by atoms with van der Waals surface area (Å²) in [6, 6.07) is 0. The minimum Gasteiger partial charge on any atom is -0.478 e. The zero-order valence-electron chi connectivity index (χ0n) is 9.50. The van der Waals surface area contributed by atoms with Crippen molar-refractivity contribution in [1.29, 1.82) is 0 Å². The molecule has 0 radical (unpaired) electrons. The molecule has 0 bridgehead atoms. The minimum atomic E-state index is -0.703. The van der Waals surface area contributed by atoms with Gasteiger partial charge in [0.25, 0.3) is 0 Å². The van der Waals surface area contributed by atoms with Gasteiger partial charge in [-0.25, -0.2) is 4.79 Å². The van der Waals surface area contributed by atoms with Crippen molar-refractivity contribution in [1.82, 2.24) is 5.32 Å². The fraction of sp³-hybridized carbons (Fsp3) is 0.750. The van der Waals surface area contributed by atoms with Crippen LogP contribution in [0.3, 0.4) is 0 Å². The Bertz CT molecular complexity index is 295. The third kappa shape index (κ3) is 3.01. The minimum absolute atomic E-state index is 0.680. The molecule has 1 saturated heterocycles. The number of rotatable bonds is 4. The molecule has 4 heteroatoms. The van der Waals surface area contributed by atoms with Crippen molar-refractivity contribution in [2.75, 3.05) is 18.8 Å². The highest BCUT2D eigenvalue weighted by molar-refractivity contribution is 8.03. The van der Waals surface area contributed by atoms with Crippen LogP contribution in [-0.2, 0) is 4.79 Å². The number of allylic oxidation sites excluding steroid dienone is 1. The summed E-state index contributed by atoms with van der Waals surface area (Å²) in [6.07, 6.45) is 5.25. The zero-order chi connectivity index (χ0) is 11.4. The van der Waals surface area contributed by atoms with Crippen LogP contribution in [0.15, 0.2) is 10.5 Å². The van der Waals surface area contributed by atoms with Gasteiger partial charge in [0.05, 0.1) is 0 Å². The van der Waals surface area contributed by atoms with E-state index in [1.165, 1.54) is 12.8 Å². The Kier molecular flexibility index (Phi) is 4.29. The van der Waals surface area contributed by atoms with Crippen LogP contribution in [0, 0.1) is 5.92 Å². The van der Waals surface area contributed by atoms with Gasteiger partial charge in [-0.1, -0.05) is 0 Å². The molecule has 1 heterocycles. The summed E-state index contributed by atoms with van der Waals surface area (Å²) in [5.41, 5.74) is 0.680. The maximum Gasteiger partial charge on any atom is 0.332 e. The summed E-state index contributed by atoms with van der Waals surface area (Å²) < 4.78 is 0. The van der Waals surface area contributed by atoms with Gasteiger partial charge in [-0.2, -0.15) is 0 Å². The first kappa shape index (κ1) is 12.0. The molecule has 2 rings (SSSR count). The molecule has 2 N–H and O–H groups in total. The van der Waals surface area contributed by atoms with E-state index in [0.717, 1.165) is 48.9 Å². The number of piperidine rings is 1. The highest BCUT2D eigenvalue weighted by Gasteiger charge is 2.22. The number of hydrogen-bond acceptors (Lipinski definition) is 3. The fourth-order valence-electron chi connectivity index (χ4n) is 2.37. The van der Waals surface area contributed by atoms with Crippen LogP contribution < -0.4 is 5.32 Å². The van der Waals surface area contributed by atoms with E-state index in [1.54, 1.807) is 11.8 Å². The lowest BCUT2D eigenvalue weighted by molar-refractivity contribution is -0.132. The molecule has 0 saturated carbocycles. The largest absolute Gasteiger partial charge is 0.478 e. The summed E-state index contributed by atoms with van der Waals surface area (Å²) in [6.45, 7) is 2.24. The molecule has 1 fully saturated rings. The molecule has 2 aliphatic rings. The SMILES string of the molecule is O=C(O)C1=C(SCC2CCNCC2)CCC1. The molecule has 0 aromatic carbocycles. The molecule has 3 nitrogen and oxygen atoms in total. The van der Waals surface area contributed by atoms with Crippen molar-refractivity contribution in [3.05, 3.63) is 10.5 Å². The standard InChI is InChI=1S/C12H19NO2S/c14-12(15)10-2-1-3-11(10)16-8-9-4-6-13-7-5-9/h9,13H,1-8H2,(H,14,15). The van der Waals surface area contributed by atoms with Gasteiger partial charge in [-0.15, -0.1) is 11.8 Å². The summed E-state index contributed by atoms with van der Waals surface area (Å²) in [4.78, 5) is 12.1. The molecule has 0 unspecified atom stereocenters. The van der Waals surface area contributed by atoms with Gasteiger partial charge in [0, 0.05) is 11.3 Å². The molecule has 1 aliphatic carbocycles. The molecular formula is C12H19NO2S. The van der Waals surface area contributed by atoms with E-state index in [1.807, 2.05) is 0 Å². The van der Waals surface area contributed by atoms with E-state index < -0.39 is 5.97 Å². The first-order chi connectivity index (χ1) is 7.77. The second-order valence-electron chi connectivity index (χ2n) is 4.56. The van der Waals surface area contributed by atoms with Crippen molar-refractivity contribution < 1.29 is 9.90 Å². The van der Waals surface area contributed by atoms with E-state index >= 15 is 0 Å². The fourth-order valence-corrected chi connectivity index (χ4v) is 3.79. The van der Waals surface area contributed by atoms with Gasteiger partial charge < -0.3 is 10.4 Å². The predicted molar refractivity (Wildman–Crippen MR) is 66.6 cm³/mol. The van der Waals surface area contributed by atoms with Crippen molar-refractivity contribution in [2.24, 2.45) is 5.92 Å². The molecule has 0 aromatic rings. The van der Waals surface area contributed by atoms with E-state index in [4.69, 9.17) is 5.11 Å². The summed E-state index contributed by atoms with van der Waals surface area (Å²) >= 11 is 1.80. The Balaban J connectivity index is 1.84. The average molecular weight is 241 g/mol. The van der Waals surface area contributed by atoms with Gasteiger partial charge >= 0.3 is 5.97 Å². The van der Waals surface area contributed by atoms with E-state index in [2.05, 4.69) is 5.32 Å². The van der Waals surface area contributed by atoms with Crippen LogP contribution in [0.25, 0.3) is 0 Å². The highest BCUT2D eigenvalue weighted by Crippen LogP contribution is 2.36. The average Bonchev–Trinajstić information content (AvgIpc) is 2.76. The first-order valence-electron chi connectivity index (χ1n) is 6.06. The lowest BCUT2D eigenvalue weighted by Crippen LogP contribution is -2.28. The van der Waals surface area contributed by atoms with Crippen molar-refractivity contribution in [2.45, 2.75) is 32.1 Å². The van der Waals surface area contributed by atoms with E-state index in [-0.39, 0.29) is 0 Å². The van der Waals surface area contributed by atoms with Crippen molar-refractivity contribution >= 4 is 17.7 Å². The molecule has 16 heavy (non-hydrogen) atoms. The third-order valence-electron chi connectivity index (χ3n) is 3.38. The Hall–Kier alpha value is -0.480. The second kappa shape index (κ2) is 5.73. The maximum atomic E-state index is 11.0. The smallest absolute Gasteiger partial charge is 0.332 e. The van der Waals surface area contributed by atoms with E-state index in [0.29, 0.717) is 5.57 Å². The third-order valence-corrected chi connectivity index (χ3v) is 4.81. The number of carboxylic acid groups (broad SMARTS) is 1. The van der Waals surface area contributed by atoms with Crippen molar-refractivity contribution in [3.63, 3.8) is 0 Å². The Morgan fingerprint density at radius 1 is 1.38 bits per heavy atom. The molecule has 0 spiro atoms. The topological polar surface area (TPSA) is 49.3 Å². The summed E-state index contributed by atoms with van der Waals surface area (Å²) in [7, 11) is 0. The molecule has 0 atom stereocenters. The quantitative estimate of drug-likeness (QED) is 0.792. The Labute approximate surface area is 101 Å². The number of aliphatic carboxylic acids is 1. The number of thioether (sulfide) groups is 1. The van der Waals surface area contributed by atoms with Crippen LogP contribution in [-0.4, -0.2) is 29.9 Å². The Morgan fingerprint density at radius 2 is 2.12 bits per heavy atom. The van der Waals surface area contributed by atoms with Crippen LogP contribution in [0.5, 0.6) is 0 Å². The molecule has 1 aliphatic heterocycles. The number of hydrogen-bond donors (Lipinski definition) is 2. The van der Waals surface area contributed by atoms with E-state index in [9.17, 15) is 4.79 Å². The lowest BCUT2D eigenvalue weighted by atomic mass is 10.0. The lowest BCUT2D eigenvalue weighted by Gasteiger charge is -2.22. The number of carbonyl (C=O) groups is 1. The van der Waals surface area contributed by atoms with Gasteiger partial charge in [0.1, 0.15) is 0 Å². The first-order valence-corrected chi connectivity index (χ1v) is 7.05. The van der Waals surface area contributed by atoms with Crippen LogP contribution in [0.4, 0.5) is 0 Å². The molecule has 0 amide bonds. The maximum absolute atomic E-state index is 11.0. The van der Waals surface area contributed by atoms with Crippen LogP contribution in [0.1, 0.15) is 32.1 Å². The number of nitrogens with one attached hydrogen (secondary N) is 1. The normalized spacial score (nSPS) is 22.8. The summed E-state index contributed by atoms with van der Waals surface area (Å²) in [5.74, 6) is 1.17. The van der Waals surface area contributed by atoms with Gasteiger partial charge in [-0.3, -0.25) is 0 Å². The zero-order valence-corrected chi connectivity index (χ0v) is 10.3. The van der Waals surface area contributed by atoms with Gasteiger partial charge in [-0.05, 0) is 56.0 Å². The van der Waals surface area contributed by atoms with Gasteiger partial charge in [0.2, 0.25) is 0 Å². The number of carboxylic acids is 1. The van der Waals surface area contributed by atoms with Crippen LogP contribution in [0.2, 0.25) is 0 Å². The Morgan fingerprint density at radius 3 is 2.81 bits per heavy atom. The second-order valence-corrected chi connectivity index (χ2v) is 5.68. The molecule has 90 valence electrons. The molecular weight excluding hydrogens is 222 g/mol. The monoisotopic (exact) mass is 241 g/mol. The van der Waals surface area contributed by atoms with Crippen LogP contribution >= 0.6 is 11.8 Å². The highest BCUT2D eigenvalue weighted by atomic mass is 32.2. The predicted octanol–water partition coefficient (Wildman–Crippen LogP) is 2.24. The molecule has 0 aromatic heterocycles. The van der Waals surface area contributed by atoms with Gasteiger partial charge in [0.15, 0.2) is 0 Å². The summed E-state index contributed by atoms with van der Waals surface area (Å²) in [5, 5.41) is 12.4.